The highest BCUT2D eigenvalue weighted by molar-refractivity contribution is 7.10. The summed E-state index contributed by atoms with van der Waals surface area (Å²) < 4.78 is 6.14. The third-order valence-corrected chi connectivity index (χ3v) is 7.99. The summed E-state index contributed by atoms with van der Waals surface area (Å²) in [7, 11) is 0. The van der Waals surface area contributed by atoms with E-state index in [0.717, 1.165) is 24.2 Å². The number of hydrogen-bond acceptors (Lipinski definition) is 4. The highest BCUT2D eigenvalue weighted by atomic mass is 35.5. The molecule has 2 atom stereocenters. The number of amides is 3. The number of carbonyl (C=O) groups is 2. The lowest BCUT2D eigenvalue weighted by atomic mass is 10.00. The van der Waals surface area contributed by atoms with Gasteiger partial charge in [-0.3, -0.25) is 4.79 Å². The molecule has 3 aromatic rings. The predicted octanol–water partition coefficient (Wildman–Crippen LogP) is 6.79. The molecular weight excluding hydrogens is 506 g/mol. The van der Waals surface area contributed by atoms with Gasteiger partial charge in [-0.15, -0.1) is 11.3 Å². The van der Waals surface area contributed by atoms with E-state index in [2.05, 4.69) is 30.6 Å². The van der Waals surface area contributed by atoms with Crippen LogP contribution in [0.1, 0.15) is 42.3 Å². The Hall–Kier alpha value is -3.03. The Balaban J connectivity index is 1.50. The number of nitrogens with one attached hydrogen (secondary N) is 1. The smallest absolute Gasteiger partial charge is 0.322 e. The number of urea groups is 1. The second-order valence-electron chi connectivity index (χ2n) is 9.61. The Labute approximate surface area is 228 Å². The van der Waals surface area contributed by atoms with E-state index in [4.69, 9.17) is 16.3 Å². The molecule has 196 valence electrons. The third-order valence-electron chi connectivity index (χ3n) is 6.76. The van der Waals surface area contributed by atoms with Gasteiger partial charge in [-0.05, 0) is 66.6 Å². The van der Waals surface area contributed by atoms with Crippen LogP contribution in [0.4, 0.5) is 10.5 Å². The topological polar surface area (TPSA) is 61.9 Å². The molecule has 8 heteroatoms. The summed E-state index contributed by atoms with van der Waals surface area (Å²) in [5.74, 6) is 0.946. The number of ether oxygens (including phenoxy) is 1. The van der Waals surface area contributed by atoms with Crippen LogP contribution in [0.25, 0.3) is 0 Å². The third kappa shape index (κ3) is 7.05. The number of fused-ring (bicyclic) bond motifs is 1. The van der Waals surface area contributed by atoms with Crippen molar-refractivity contribution in [3.63, 3.8) is 0 Å². The molecule has 1 N–H and O–H groups in total. The first-order valence-electron chi connectivity index (χ1n) is 12.7. The van der Waals surface area contributed by atoms with Crippen molar-refractivity contribution in [1.82, 2.24) is 9.80 Å². The maximum atomic E-state index is 13.7. The van der Waals surface area contributed by atoms with Crippen LogP contribution in [0.3, 0.4) is 0 Å². The summed E-state index contributed by atoms with van der Waals surface area (Å²) in [4.78, 5) is 31.7. The van der Waals surface area contributed by atoms with Crippen molar-refractivity contribution in [2.45, 2.75) is 39.7 Å². The monoisotopic (exact) mass is 539 g/mol. The Morgan fingerprint density at radius 3 is 2.73 bits per heavy atom. The van der Waals surface area contributed by atoms with Crippen molar-refractivity contribution in [2.75, 3.05) is 31.6 Å². The largest absolute Gasteiger partial charge is 0.491 e. The highest BCUT2D eigenvalue weighted by Crippen LogP contribution is 2.34. The number of anilines is 1. The summed E-state index contributed by atoms with van der Waals surface area (Å²) in [5, 5.41) is 5.52. The Bertz CT molecular complexity index is 1210. The predicted molar refractivity (Wildman–Crippen MR) is 151 cm³/mol. The number of aryl methyl sites for hydroxylation is 1. The quantitative estimate of drug-likeness (QED) is 0.325. The lowest BCUT2D eigenvalue weighted by Crippen LogP contribution is -2.49. The summed E-state index contributed by atoms with van der Waals surface area (Å²) in [5.41, 5.74) is 2.90. The molecule has 3 amide bonds. The molecule has 2 aromatic carbocycles. The van der Waals surface area contributed by atoms with Crippen molar-refractivity contribution in [3.8, 4) is 5.75 Å². The van der Waals surface area contributed by atoms with E-state index in [1.54, 1.807) is 40.5 Å². The van der Waals surface area contributed by atoms with Gasteiger partial charge in [-0.25, -0.2) is 4.79 Å². The summed E-state index contributed by atoms with van der Waals surface area (Å²) in [6, 6.07) is 16.5. The minimum absolute atomic E-state index is 0.00274. The van der Waals surface area contributed by atoms with Crippen LogP contribution < -0.4 is 10.1 Å². The van der Waals surface area contributed by atoms with Crippen molar-refractivity contribution in [1.29, 1.82) is 0 Å². The van der Waals surface area contributed by atoms with Gasteiger partial charge >= 0.3 is 6.03 Å². The second kappa shape index (κ2) is 12.5. The molecule has 0 fully saturated rings. The Morgan fingerprint density at radius 1 is 1.22 bits per heavy atom. The van der Waals surface area contributed by atoms with Gasteiger partial charge in [-0.2, -0.15) is 0 Å². The second-order valence-corrected chi connectivity index (χ2v) is 11.0. The highest BCUT2D eigenvalue weighted by Gasteiger charge is 2.33. The molecule has 0 saturated heterocycles. The van der Waals surface area contributed by atoms with E-state index in [1.165, 1.54) is 10.4 Å². The molecule has 37 heavy (non-hydrogen) atoms. The Kier molecular flexibility index (Phi) is 9.11. The standard InChI is InChI=1S/C29H34ClN3O3S/c1-4-20(2)17-32(29(35)31-23-7-5-6-22(30)16-23)18-28(34)33-14-12-27-25(13-15-37-27)26(33)19-36-24-10-8-21(3)9-11-24/h5-11,13,15-16,20,26H,4,12,14,17-19H2,1-3H3,(H,31,35)/t20-,26+/m0/s1. The molecule has 0 aliphatic carbocycles. The van der Waals surface area contributed by atoms with E-state index < -0.39 is 0 Å². The number of thiophene rings is 1. The number of hydrogen-bond donors (Lipinski definition) is 1. The van der Waals surface area contributed by atoms with Crippen LogP contribution in [0.2, 0.25) is 5.02 Å². The van der Waals surface area contributed by atoms with Gasteiger partial charge in [0, 0.05) is 28.7 Å². The zero-order valence-electron chi connectivity index (χ0n) is 21.6. The number of carbonyl (C=O) groups excluding carboxylic acids is 2. The first kappa shape index (κ1) is 27.0. The van der Waals surface area contributed by atoms with Gasteiger partial charge in [0.15, 0.2) is 0 Å². The van der Waals surface area contributed by atoms with Crippen molar-refractivity contribution >= 4 is 40.6 Å². The SMILES string of the molecule is CC[C@H](C)CN(CC(=O)N1CCc2sccc2[C@H]1COc1ccc(C)cc1)C(=O)Nc1cccc(Cl)c1. The van der Waals surface area contributed by atoms with E-state index >= 15 is 0 Å². The lowest BCUT2D eigenvalue weighted by molar-refractivity contribution is -0.135. The van der Waals surface area contributed by atoms with Crippen molar-refractivity contribution < 1.29 is 14.3 Å². The Morgan fingerprint density at radius 2 is 2.00 bits per heavy atom. The van der Waals surface area contributed by atoms with E-state index in [1.807, 2.05) is 36.1 Å². The molecule has 6 nitrogen and oxygen atoms in total. The number of rotatable bonds is 9. The lowest BCUT2D eigenvalue weighted by Gasteiger charge is -2.37. The van der Waals surface area contributed by atoms with Crippen LogP contribution in [-0.2, 0) is 11.2 Å². The first-order chi connectivity index (χ1) is 17.8. The number of halogens is 1. The van der Waals surface area contributed by atoms with Crippen LogP contribution >= 0.6 is 22.9 Å². The summed E-state index contributed by atoms with van der Waals surface area (Å²) >= 11 is 7.81. The minimum atomic E-state index is -0.309. The van der Waals surface area contributed by atoms with E-state index in [9.17, 15) is 9.59 Å². The van der Waals surface area contributed by atoms with E-state index in [-0.39, 0.29) is 30.4 Å². The molecule has 2 heterocycles. The molecule has 1 aliphatic heterocycles. The molecule has 0 spiro atoms. The molecule has 0 saturated carbocycles. The fourth-order valence-corrected chi connectivity index (χ4v) is 5.55. The summed E-state index contributed by atoms with van der Waals surface area (Å²) in [6.07, 6.45) is 1.71. The molecular formula is C29H34ClN3O3S. The average molecular weight is 540 g/mol. The van der Waals surface area contributed by atoms with Gasteiger partial charge < -0.3 is 19.9 Å². The summed E-state index contributed by atoms with van der Waals surface area (Å²) in [6.45, 7) is 7.65. The van der Waals surface area contributed by atoms with Gasteiger partial charge in [0.25, 0.3) is 0 Å². The normalized spacial score (nSPS) is 15.6. The molecule has 0 radical (unpaired) electrons. The first-order valence-corrected chi connectivity index (χ1v) is 14.0. The average Bonchev–Trinajstić information content (AvgIpc) is 3.37. The van der Waals surface area contributed by atoms with Gasteiger partial charge in [0.1, 0.15) is 18.9 Å². The maximum absolute atomic E-state index is 13.7. The molecule has 1 aromatic heterocycles. The van der Waals surface area contributed by atoms with Crippen LogP contribution in [0, 0.1) is 12.8 Å². The van der Waals surface area contributed by atoms with Crippen molar-refractivity contribution in [2.24, 2.45) is 5.92 Å². The number of benzene rings is 2. The minimum Gasteiger partial charge on any atom is -0.491 e. The fraction of sp³-hybridized carbons (Fsp3) is 0.379. The zero-order chi connectivity index (χ0) is 26.4. The maximum Gasteiger partial charge on any atom is 0.322 e. The van der Waals surface area contributed by atoms with Crippen LogP contribution in [-0.4, -0.2) is 48.0 Å². The fourth-order valence-electron chi connectivity index (χ4n) is 4.43. The number of nitrogens with zero attached hydrogens (tertiary/aromatic N) is 2. The van der Waals surface area contributed by atoms with Crippen molar-refractivity contribution in [3.05, 3.63) is 81.0 Å². The van der Waals surface area contributed by atoms with Gasteiger partial charge in [-0.1, -0.05) is 55.6 Å². The molecule has 4 rings (SSSR count). The van der Waals surface area contributed by atoms with Crippen LogP contribution in [0.5, 0.6) is 5.75 Å². The molecule has 0 bridgehead atoms. The van der Waals surface area contributed by atoms with E-state index in [0.29, 0.717) is 30.4 Å². The van der Waals surface area contributed by atoms with Gasteiger partial charge in [0.2, 0.25) is 5.91 Å². The van der Waals surface area contributed by atoms with Crippen LogP contribution in [0.15, 0.2) is 60.0 Å². The molecule has 1 aliphatic rings. The molecule has 0 unspecified atom stereocenters. The zero-order valence-corrected chi connectivity index (χ0v) is 23.1. The van der Waals surface area contributed by atoms with Gasteiger partial charge in [0.05, 0.1) is 6.04 Å².